The Kier molecular flexibility index (Phi) is 3.31. The highest BCUT2D eigenvalue weighted by Gasteiger charge is 2.15. The smallest absolute Gasteiger partial charge is 0.315 e. The van der Waals surface area contributed by atoms with Crippen LogP contribution in [0.25, 0.3) is 11.4 Å². The molecule has 2 aromatic rings. The van der Waals surface area contributed by atoms with Gasteiger partial charge in [0.25, 0.3) is 5.91 Å². The Labute approximate surface area is 101 Å². The molecule has 2 rings (SSSR count). The molecule has 0 radical (unpaired) electrons. The van der Waals surface area contributed by atoms with Crippen molar-refractivity contribution in [1.82, 2.24) is 14.8 Å². The number of aryl methyl sites for hydroxylation is 1. The molecule has 0 saturated carbocycles. The number of hydrogen-bond acceptors (Lipinski definition) is 3. The molecule has 0 saturated heterocycles. The third kappa shape index (κ3) is 2.50. The van der Waals surface area contributed by atoms with Crippen LogP contribution in [-0.2, 0) is 11.8 Å². The van der Waals surface area contributed by atoms with E-state index in [4.69, 9.17) is 0 Å². The van der Waals surface area contributed by atoms with Crippen molar-refractivity contribution < 1.29 is 13.6 Å². The summed E-state index contributed by atoms with van der Waals surface area (Å²) in [5.41, 5.74) is 0.975. The van der Waals surface area contributed by atoms with Gasteiger partial charge in [0.05, 0.1) is 0 Å². The van der Waals surface area contributed by atoms with Gasteiger partial charge in [0.1, 0.15) is 6.33 Å². The molecule has 0 aliphatic rings. The highest BCUT2D eigenvalue weighted by atomic mass is 19.3. The summed E-state index contributed by atoms with van der Waals surface area (Å²) in [6, 6.07) is 6.48. The number of amides is 1. The standard InChI is InChI=1S/C11H10F2N4O/c1-17-6-14-16-10(17)7-3-2-4-8(5-7)15-11(18)9(12)13/h2-6,9H,1H3,(H,15,18). The van der Waals surface area contributed by atoms with Gasteiger partial charge in [0.15, 0.2) is 5.82 Å². The molecule has 1 amide bonds. The zero-order chi connectivity index (χ0) is 13.1. The van der Waals surface area contributed by atoms with Crippen molar-refractivity contribution in [3.8, 4) is 11.4 Å². The number of halogens is 2. The summed E-state index contributed by atoms with van der Waals surface area (Å²) in [4.78, 5) is 10.9. The first-order chi connectivity index (χ1) is 8.58. The minimum absolute atomic E-state index is 0.292. The molecular weight excluding hydrogens is 242 g/mol. The largest absolute Gasteiger partial charge is 0.321 e. The predicted octanol–water partition coefficient (Wildman–Crippen LogP) is 1.69. The second-order valence-corrected chi connectivity index (χ2v) is 3.64. The Morgan fingerprint density at radius 2 is 2.22 bits per heavy atom. The Hall–Kier alpha value is -2.31. The molecule has 5 nitrogen and oxygen atoms in total. The van der Waals surface area contributed by atoms with E-state index in [0.717, 1.165) is 0 Å². The first-order valence-electron chi connectivity index (χ1n) is 5.11. The SMILES string of the molecule is Cn1cnnc1-c1cccc(NC(=O)C(F)F)c1. The van der Waals surface area contributed by atoms with E-state index in [1.54, 1.807) is 29.8 Å². The Morgan fingerprint density at radius 3 is 2.83 bits per heavy atom. The van der Waals surface area contributed by atoms with Gasteiger partial charge in [-0.05, 0) is 12.1 Å². The zero-order valence-electron chi connectivity index (χ0n) is 9.47. The van der Waals surface area contributed by atoms with E-state index in [0.29, 0.717) is 17.1 Å². The van der Waals surface area contributed by atoms with E-state index in [2.05, 4.69) is 15.5 Å². The highest BCUT2D eigenvalue weighted by Crippen LogP contribution is 2.20. The number of alkyl halides is 2. The molecule has 0 bridgehead atoms. The van der Waals surface area contributed by atoms with Crippen LogP contribution in [0.3, 0.4) is 0 Å². The van der Waals surface area contributed by atoms with Gasteiger partial charge in [-0.1, -0.05) is 12.1 Å². The molecule has 1 aromatic heterocycles. The topological polar surface area (TPSA) is 59.8 Å². The highest BCUT2D eigenvalue weighted by molar-refractivity contribution is 5.93. The summed E-state index contributed by atoms with van der Waals surface area (Å²) in [7, 11) is 1.76. The van der Waals surface area contributed by atoms with Crippen LogP contribution < -0.4 is 5.32 Å². The lowest BCUT2D eigenvalue weighted by Gasteiger charge is -2.06. The maximum atomic E-state index is 12.1. The number of benzene rings is 1. The summed E-state index contributed by atoms with van der Waals surface area (Å²) < 4.78 is 25.9. The van der Waals surface area contributed by atoms with Gasteiger partial charge in [-0.2, -0.15) is 8.78 Å². The molecule has 1 N–H and O–H groups in total. The number of nitrogens with one attached hydrogen (secondary N) is 1. The van der Waals surface area contributed by atoms with Gasteiger partial charge in [-0.3, -0.25) is 4.79 Å². The summed E-state index contributed by atoms with van der Waals surface area (Å²) in [6.45, 7) is 0. The van der Waals surface area contributed by atoms with Gasteiger partial charge in [-0.25, -0.2) is 0 Å². The summed E-state index contributed by atoms with van der Waals surface area (Å²) in [6.07, 6.45) is -1.51. The number of rotatable bonds is 3. The molecular formula is C11H10F2N4O. The van der Waals surface area contributed by atoms with Crippen molar-refractivity contribution in [3.63, 3.8) is 0 Å². The summed E-state index contributed by atoms with van der Waals surface area (Å²) >= 11 is 0. The van der Waals surface area contributed by atoms with Crippen LogP contribution in [0.15, 0.2) is 30.6 Å². The van der Waals surface area contributed by atoms with Crippen LogP contribution in [0.2, 0.25) is 0 Å². The fourth-order valence-corrected chi connectivity index (χ4v) is 1.48. The van der Waals surface area contributed by atoms with Gasteiger partial charge in [-0.15, -0.1) is 10.2 Å². The van der Waals surface area contributed by atoms with Crippen molar-refractivity contribution >= 4 is 11.6 Å². The van der Waals surface area contributed by atoms with E-state index in [9.17, 15) is 13.6 Å². The molecule has 0 unspecified atom stereocenters. The Bertz CT molecular complexity index is 568. The van der Waals surface area contributed by atoms with Crippen molar-refractivity contribution in [2.75, 3.05) is 5.32 Å². The van der Waals surface area contributed by atoms with Crippen LogP contribution >= 0.6 is 0 Å². The van der Waals surface area contributed by atoms with Gasteiger partial charge in [0.2, 0.25) is 0 Å². The lowest BCUT2D eigenvalue weighted by Crippen LogP contribution is -2.19. The number of carbonyl (C=O) groups excluding carboxylic acids is 1. The zero-order valence-corrected chi connectivity index (χ0v) is 9.47. The van der Waals surface area contributed by atoms with Gasteiger partial charge in [0, 0.05) is 18.3 Å². The van der Waals surface area contributed by atoms with Crippen LogP contribution in [0.5, 0.6) is 0 Å². The molecule has 7 heteroatoms. The minimum atomic E-state index is -3.04. The normalized spacial score (nSPS) is 10.7. The first-order valence-corrected chi connectivity index (χ1v) is 5.11. The molecule has 94 valence electrons. The molecule has 1 aromatic carbocycles. The van der Waals surface area contributed by atoms with Crippen molar-refractivity contribution in [3.05, 3.63) is 30.6 Å². The number of hydrogen-bond donors (Lipinski definition) is 1. The quantitative estimate of drug-likeness (QED) is 0.904. The fourth-order valence-electron chi connectivity index (χ4n) is 1.48. The Balaban J connectivity index is 2.26. The van der Waals surface area contributed by atoms with Crippen LogP contribution in [-0.4, -0.2) is 27.1 Å². The van der Waals surface area contributed by atoms with E-state index in [1.807, 2.05) is 0 Å². The molecule has 0 fully saturated rings. The first kappa shape index (κ1) is 12.2. The lowest BCUT2D eigenvalue weighted by molar-refractivity contribution is -0.126. The van der Waals surface area contributed by atoms with Crippen LogP contribution in [0.1, 0.15) is 0 Å². The average molecular weight is 252 g/mol. The summed E-state index contributed by atoms with van der Waals surface area (Å²) in [5, 5.41) is 9.73. The van der Waals surface area contributed by atoms with Crippen molar-refractivity contribution in [2.45, 2.75) is 6.43 Å². The third-order valence-corrected chi connectivity index (χ3v) is 2.30. The third-order valence-electron chi connectivity index (χ3n) is 2.30. The molecule has 0 aliphatic heterocycles. The molecule has 0 atom stereocenters. The summed E-state index contributed by atoms with van der Waals surface area (Å²) in [5.74, 6) is -0.742. The van der Waals surface area contributed by atoms with Crippen LogP contribution in [0, 0.1) is 0 Å². The maximum absolute atomic E-state index is 12.1. The second-order valence-electron chi connectivity index (χ2n) is 3.64. The molecule has 18 heavy (non-hydrogen) atoms. The van der Waals surface area contributed by atoms with E-state index in [1.165, 1.54) is 12.4 Å². The van der Waals surface area contributed by atoms with E-state index in [-0.39, 0.29) is 0 Å². The van der Waals surface area contributed by atoms with Gasteiger partial charge >= 0.3 is 6.43 Å². The molecule has 0 spiro atoms. The van der Waals surface area contributed by atoms with E-state index < -0.39 is 12.3 Å². The minimum Gasteiger partial charge on any atom is -0.321 e. The maximum Gasteiger partial charge on any atom is 0.315 e. The number of carbonyl (C=O) groups is 1. The lowest BCUT2D eigenvalue weighted by atomic mass is 10.2. The molecule has 1 heterocycles. The Morgan fingerprint density at radius 1 is 1.44 bits per heavy atom. The number of aromatic nitrogens is 3. The molecule has 0 aliphatic carbocycles. The van der Waals surface area contributed by atoms with Crippen molar-refractivity contribution in [1.29, 1.82) is 0 Å². The second kappa shape index (κ2) is 4.91. The number of nitrogens with zero attached hydrogens (tertiary/aromatic N) is 3. The average Bonchev–Trinajstić information content (AvgIpc) is 2.75. The monoisotopic (exact) mass is 252 g/mol. The van der Waals surface area contributed by atoms with E-state index >= 15 is 0 Å². The van der Waals surface area contributed by atoms with Crippen molar-refractivity contribution in [2.24, 2.45) is 7.05 Å². The number of anilines is 1. The van der Waals surface area contributed by atoms with Gasteiger partial charge < -0.3 is 9.88 Å². The fraction of sp³-hybridized carbons (Fsp3) is 0.182. The van der Waals surface area contributed by atoms with Crippen LogP contribution in [0.4, 0.5) is 14.5 Å². The predicted molar refractivity (Wildman–Crippen MR) is 61.1 cm³/mol.